The Balaban J connectivity index is 1.47. The summed E-state index contributed by atoms with van der Waals surface area (Å²) in [6, 6.07) is 1.68. The first-order chi connectivity index (χ1) is 17.4. The van der Waals surface area contributed by atoms with Crippen LogP contribution in [0.15, 0.2) is 18.2 Å². The second kappa shape index (κ2) is 10.3. The third-order valence-electron chi connectivity index (χ3n) is 7.18. The summed E-state index contributed by atoms with van der Waals surface area (Å²) in [6.07, 6.45) is -1.16. The monoisotopic (exact) mass is 529 g/mol. The van der Waals surface area contributed by atoms with Crippen LogP contribution >= 0.6 is 0 Å². The van der Waals surface area contributed by atoms with Crippen molar-refractivity contribution < 1.29 is 36.7 Å². The zero-order valence-corrected chi connectivity index (χ0v) is 20.7. The topological polar surface area (TPSA) is 103 Å². The Morgan fingerprint density at radius 1 is 1.16 bits per heavy atom. The van der Waals surface area contributed by atoms with E-state index in [1.807, 2.05) is 0 Å². The Morgan fingerprint density at radius 3 is 2.41 bits per heavy atom. The first kappa shape index (κ1) is 26.8. The maximum Gasteiger partial charge on any atom is 0.573 e. The largest absolute Gasteiger partial charge is 0.573 e. The van der Waals surface area contributed by atoms with E-state index in [0.717, 1.165) is 37.8 Å². The lowest BCUT2D eigenvalue weighted by Crippen LogP contribution is -2.61. The van der Waals surface area contributed by atoms with Gasteiger partial charge in [0.25, 0.3) is 0 Å². The molecule has 1 aliphatic heterocycles. The minimum absolute atomic E-state index is 0.00900. The van der Waals surface area contributed by atoms with E-state index in [-0.39, 0.29) is 42.0 Å². The van der Waals surface area contributed by atoms with E-state index in [0.29, 0.717) is 25.6 Å². The SMILES string of the molecule is CNC(=O)N1CC(C2(NC(C)=O)CC2)C[C@@H](N(C(=O)NCc2ccc(OC(F)(F)F)cc2F)C2CC2)C1. The van der Waals surface area contributed by atoms with Crippen molar-refractivity contribution >= 4 is 18.0 Å². The van der Waals surface area contributed by atoms with Crippen molar-refractivity contribution in [1.82, 2.24) is 25.8 Å². The number of rotatable bonds is 7. The number of ether oxygens (including phenoxy) is 1. The van der Waals surface area contributed by atoms with Gasteiger partial charge in [-0.05, 0) is 38.2 Å². The Labute approximate surface area is 211 Å². The van der Waals surface area contributed by atoms with Crippen molar-refractivity contribution in [2.24, 2.45) is 5.92 Å². The lowest BCUT2D eigenvalue weighted by Gasteiger charge is -2.45. The van der Waals surface area contributed by atoms with Gasteiger partial charge in [-0.15, -0.1) is 13.2 Å². The van der Waals surface area contributed by atoms with Crippen LogP contribution in [-0.4, -0.2) is 71.9 Å². The molecule has 5 amide bonds. The number of nitrogens with one attached hydrogen (secondary N) is 3. The highest BCUT2D eigenvalue weighted by Crippen LogP contribution is 2.47. The summed E-state index contributed by atoms with van der Waals surface area (Å²) in [6.45, 7) is 2.00. The van der Waals surface area contributed by atoms with Crippen molar-refractivity contribution in [3.8, 4) is 5.75 Å². The summed E-state index contributed by atoms with van der Waals surface area (Å²) < 4.78 is 55.3. The number of amides is 5. The molecule has 37 heavy (non-hydrogen) atoms. The molecule has 204 valence electrons. The van der Waals surface area contributed by atoms with Crippen LogP contribution in [0.3, 0.4) is 0 Å². The van der Waals surface area contributed by atoms with Gasteiger partial charge in [0.1, 0.15) is 11.6 Å². The molecule has 0 spiro atoms. The van der Waals surface area contributed by atoms with Gasteiger partial charge >= 0.3 is 18.4 Å². The predicted molar refractivity (Wildman–Crippen MR) is 124 cm³/mol. The van der Waals surface area contributed by atoms with E-state index in [1.54, 1.807) is 9.80 Å². The molecular weight excluding hydrogens is 498 g/mol. The van der Waals surface area contributed by atoms with Crippen LogP contribution in [0.5, 0.6) is 5.75 Å². The molecule has 0 radical (unpaired) electrons. The van der Waals surface area contributed by atoms with Gasteiger partial charge in [-0.3, -0.25) is 4.79 Å². The lowest BCUT2D eigenvalue weighted by molar-refractivity contribution is -0.274. The van der Waals surface area contributed by atoms with Gasteiger partial charge in [0.05, 0.1) is 6.04 Å². The highest BCUT2D eigenvalue weighted by Gasteiger charge is 2.54. The molecule has 1 unspecified atom stereocenters. The van der Waals surface area contributed by atoms with E-state index in [9.17, 15) is 31.9 Å². The summed E-state index contributed by atoms with van der Waals surface area (Å²) in [5.41, 5.74) is -0.388. The number of likely N-dealkylation sites (tertiary alicyclic amines) is 1. The second-order valence-electron chi connectivity index (χ2n) is 9.98. The molecule has 2 aliphatic carbocycles. The van der Waals surface area contributed by atoms with Crippen LogP contribution in [0.25, 0.3) is 0 Å². The molecule has 3 fully saturated rings. The number of benzene rings is 1. The molecule has 4 rings (SSSR count). The number of piperidine rings is 1. The van der Waals surface area contributed by atoms with Crippen LogP contribution < -0.4 is 20.7 Å². The van der Waals surface area contributed by atoms with Crippen molar-refractivity contribution in [3.63, 3.8) is 0 Å². The van der Waals surface area contributed by atoms with E-state index in [4.69, 9.17) is 0 Å². The summed E-state index contributed by atoms with van der Waals surface area (Å²) in [4.78, 5) is 41.0. The molecule has 2 atom stereocenters. The molecule has 9 nitrogen and oxygen atoms in total. The fourth-order valence-electron chi connectivity index (χ4n) is 5.23. The minimum Gasteiger partial charge on any atom is -0.406 e. The van der Waals surface area contributed by atoms with Gasteiger partial charge in [-0.2, -0.15) is 0 Å². The smallest absolute Gasteiger partial charge is 0.406 e. The molecule has 1 heterocycles. The van der Waals surface area contributed by atoms with Crippen LogP contribution in [0.4, 0.5) is 27.2 Å². The molecule has 0 bridgehead atoms. The van der Waals surface area contributed by atoms with Gasteiger partial charge in [0.2, 0.25) is 5.91 Å². The molecule has 1 saturated heterocycles. The Kier molecular flexibility index (Phi) is 7.43. The number of urea groups is 2. The first-order valence-corrected chi connectivity index (χ1v) is 12.3. The van der Waals surface area contributed by atoms with Crippen molar-refractivity contribution in [3.05, 3.63) is 29.6 Å². The number of carbonyl (C=O) groups is 3. The summed E-state index contributed by atoms with van der Waals surface area (Å²) in [5.74, 6) is -1.80. The van der Waals surface area contributed by atoms with Gasteiger partial charge in [-0.25, -0.2) is 14.0 Å². The molecule has 3 aliphatic rings. The van der Waals surface area contributed by atoms with Gasteiger partial charge in [-0.1, -0.05) is 6.07 Å². The molecular formula is C24H31F4N5O4. The number of hydrogen-bond donors (Lipinski definition) is 3. The molecule has 0 aromatic heterocycles. The Morgan fingerprint density at radius 2 is 1.86 bits per heavy atom. The number of alkyl halides is 3. The summed E-state index contributed by atoms with van der Waals surface area (Å²) in [5, 5.41) is 8.36. The number of hydrogen-bond acceptors (Lipinski definition) is 4. The van der Waals surface area contributed by atoms with E-state index >= 15 is 0 Å². The zero-order chi connectivity index (χ0) is 27.0. The Hall–Kier alpha value is -3.25. The molecule has 3 N–H and O–H groups in total. The van der Waals surface area contributed by atoms with Crippen LogP contribution in [0, 0.1) is 11.7 Å². The maximum atomic E-state index is 14.4. The van der Waals surface area contributed by atoms with Gasteiger partial charge < -0.3 is 30.5 Å². The molecule has 2 saturated carbocycles. The standard InChI is InChI=1S/C24H31F4N5O4/c1-14(34)31-23(7-8-23)16-9-18(13-32(12-16)21(35)29-2)33(17-4-5-17)22(36)30-11-15-3-6-19(10-20(15)25)37-24(26,27)28/h3,6,10,16-18H,4-5,7-9,11-13H2,1-2H3,(H,29,35)(H,30,36)(H,31,34)/t16?,18-/m1/s1. The minimum atomic E-state index is -4.94. The van der Waals surface area contributed by atoms with Crippen molar-refractivity contribution in [2.45, 2.75) is 69.6 Å². The molecule has 1 aromatic carbocycles. The fraction of sp³-hybridized carbons (Fsp3) is 0.625. The van der Waals surface area contributed by atoms with Gasteiger partial charge in [0, 0.05) is 62.7 Å². The maximum absolute atomic E-state index is 14.4. The summed E-state index contributed by atoms with van der Waals surface area (Å²) >= 11 is 0. The normalized spacial score (nSPS) is 22.6. The molecule has 13 heteroatoms. The average molecular weight is 530 g/mol. The highest BCUT2D eigenvalue weighted by atomic mass is 19.4. The predicted octanol–water partition coefficient (Wildman–Crippen LogP) is 3.10. The van der Waals surface area contributed by atoms with Crippen LogP contribution in [-0.2, 0) is 11.3 Å². The number of nitrogens with zero attached hydrogens (tertiary/aromatic N) is 2. The van der Waals surface area contributed by atoms with E-state index < -0.39 is 29.5 Å². The number of carbonyl (C=O) groups excluding carboxylic acids is 3. The molecule has 1 aromatic rings. The Bertz CT molecular complexity index is 1040. The van der Waals surface area contributed by atoms with Crippen LogP contribution in [0.1, 0.15) is 44.6 Å². The lowest BCUT2D eigenvalue weighted by atomic mass is 9.85. The second-order valence-corrected chi connectivity index (χ2v) is 9.98. The van der Waals surface area contributed by atoms with E-state index in [1.165, 1.54) is 14.0 Å². The first-order valence-electron chi connectivity index (χ1n) is 12.3. The van der Waals surface area contributed by atoms with E-state index in [2.05, 4.69) is 20.7 Å². The average Bonchev–Trinajstić information content (AvgIpc) is 3.74. The third-order valence-corrected chi connectivity index (χ3v) is 7.18. The zero-order valence-electron chi connectivity index (χ0n) is 20.7. The van der Waals surface area contributed by atoms with Gasteiger partial charge in [0.15, 0.2) is 0 Å². The third kappa shape index (κ3) is 6.55. The highest BCUT2D eigenvalue weighted by molar-refractivity contribution is 5.77. The van der Waals surface area contributed by atoms with Crippen molar-refractivity contribution in [1.29, 1.82) is 0 Å². The number of halogens is 4. The van der Waals surface area contributed by atoms with Crippen molar-refractivity contribution in [2.75, 3.05) is 20.1 Å². The quantitative estimate of drug-likeness (QED) is 0.473. The fourth-order valence-corrected chi connectivity index (χ4v) is 5.23. The van der Waals surface area contributed by atoms with Crippen LogP contribution in [0.2, 0.25) is 0 Å². The summed E-state index contributed by atoms with van der Waals surface area (Å²) in [7, 11) is 1.53.